The van der Waals surface area contributed by atoms with E-state index in [1.165, 1.54) is 12.0 Å². The van der Waals surface area contributed by atoms with Crippen LogP contribution in [0.2, 0.25) is 0 Å². The van der Waals surface area contributed by atoms with Gasteiger partial charge in [-0.15, -0.1) is 0 Å². The predicted molar refractivity (Wildman–Crippen MR) is 46.3 cm³/mol. The van der Waals surface area contributed by atoms with E-state index in [4.69, 9.17) is 4.74 Å². The number of cyclic esters (lactones) is 1. The van der Waals surface area contributed by atoms with Crippen LogP contribution in [0.3, 0.4) is 0 Å². The van der Waals surface area contributed by atoms with E-state index < -0.39 is 12.1 Å². The molecule has 2 rings (SSSR count). The van der Waals surface area contributed by atoms with E-state index in [2.05, 4.69) is 4.74 Å². The molecule has 1 saturated carbocycles. The van der Waals surface area contributed by atoms with Crippen LogP contribution in [0.15, 0.2) is 0 Å². The maximum absolute atomic E-state index is 11.3. The summed E-state index contributed by atoms with van der Waals surface area (Å²) < 4.78 is 9.39. The number of esters is 1. The largest absolute Gasteiger partial charge is 0.453 e. The molecule has 5 heteroatoms. The summed E-state index contributed by atoms with van der Waals surface area (Å²) in [5.74, 6) is 0.278. The number of nitrogens with zero attached hydrogens (tertiary/aromatic N) is 1. The fraction of sp³-hybridized carbons (Fsp3) is 0.778. The maximum atomic E-state index is 11.3. The minimum atomic E-state index is -0.485. The van der Waals surface area contributed by atoms with E-state index in [1.54, 1.807) is 0 Å². The average molecular weight is 199 g/mol. The molecule has 2 aliphatic rings. The second kappa shape index (κ2) is 3.48. The lowest BCUT2D eigenvalue weighted by molar-refractivity contribution is -0.139. The molecule has 1 saturated heterocycles. The summed E-state index contributed by atoms with van der Waals surface area (Å²) >= 11 is 0. The maximum Gasteiger partial charge on any atom is 0.412 e. The minimum Gasteiger partial charge on any atom is -0.453 e. The Hall–Kier alpha value is -1.26. The van der Waals surface area contributed by atoms with Gasteiger partial charge in [0.25, 0.3) is 0 Å². The summed E-state index contributed by atoms with van der Waals surface area (Å²) in [5, 5.41) is 0. The van der Waals surface area contributed by atoms with E-state index in [-0.39, 0.29) is 12.7 Å². The summed E-state index contributed by atoms with van der Waals surface area (Å²) in [5.41, 5.74) is 0. The molecule has 0 radical (unpaired) electrons. The van der Waals surface area contributed by atoms with E-state index >= 15 is 0 Å². The lowest BCUT2D eigenvalue weighted by atomic mass is 10.1. The van der Waals surface area contributed by atoms with Gasteiger partial charge in [0, 0.05) is 0 Å². The van der Waals surface area contributed by atoms with Gasteiger partial charge in [0.1, 0.15) is 6.04 Å². The molecule has 0 unspecified atom stereocenters. The molecule has 2 fully saturated rings. The predicted octanol–water partition coefficient (Wildman–Crippen LogP) is 0.738. The van der Waals surface area contributed by atoms with Crippen molar-refractivity contribution in [3.63, 3.8) is 0 Å². The fourth-order valence-electron chi connectivity index (χ4n) is 1.64. The van der Waals surface area contributed by atoms with Gasteiger partial charge < -0.3 is 9.47 Å². The number of amides is 1. The monoisotopic (exact) mass is 199 g/mol. The smallest absolute Gasteiger partial charge is 0.412 e. The molecule has 1 aliphatic heterocycles. The Labute approximate surface area is 82.0 Å². The third-order valence-corrected chi connectivity index (χ3v) is 2.66. The second-order valence-electron chi connectivity index (χ2n) is 3.73. The average Bonchev–Trinajstić information content (AvgIpc) is 2.92. The van der Waals surface area contributed by atoms with Crippen LogP contribution in [0.5, 0.6) is 0 Å². The van der Waals surface area contributed by atoms with Crippen LogP contribution < -0.4 is 0 Å². The number of carbonyl (C=O) groups is 2. The standard InChI is InChI=1S/C9H13NO4/c1-13-9(12)10-5-14-8(11)7(10)4-6-2-3-6/h6-7H,2-5H2,1H3/t7-/m0/s1. The summed E-state index contributed by atoms with van der Waals surface area (Å²) in [6, 6.07) is -0.421. The highest BCUT2D eigenvalue weighted by Crippen LogP contribution is 2.36. The van der Waals surface area contributed by atoms with E-state index in [1.807, 2.05) is 0 Å². The Kier molecular flexibility index (Phi) is 2.31. The normalized spacial score (nSPS) is 26.2. The first-order chi connectivity index (χ1) is 6.72. The van der Waals surface area contributed by atoms with Gasteiger partial charge in [-0.1, -0.05) is 12.8 Å². The molecule has 1 heterocycles. The number of rotatable bonds is 2. The van der Waals surface area contributed by atoms with Crippen molar-refractivity contribution in [1.29, 1.82) is 0 Å². The Morgan fingerprint density at radius 3 is 2.93 bits per heavy atom. The van der Waals surface area contributed by atoms with Gasteiger partial charge >= 0.3 is 12.1 Å². The van der Waals surface area contributed by atoms with Gasteiger partial charge in [-0.3, -0.25) is 4.90 Å². The van der Waals surface area contributed by atoms with E-state index in [0.717, 1.165) is 12.8 Å². The summed E-state index contributed by atoms with van der Waals surface area (Å²) in [6.45, 7) is 0.0306. The number of hydrogen-bond acceptors (Lipinski definition) is 4. The van der Waals surface area contributed by atoms with Gasteiger partial charge in [0.05, 0.1) is 7.11 Å². The van der Waals surface area contributed by atoms with Crippen molar-refractivity contribution in [2.24, 2.45) is 5.92 Å². The number of methoxy groups -OCH3 is 1. The van der Waals surface area contributed by atoms with Crippen LogP contribution >= 0.6 is 0 Å². The molecule has 0 N–H and O–H groups in total. The van der Waals surface area contributed by atoms with Gasteiger partial charge in [0.2, 0.25) is 0 Å². The zero-order chi connectivity index (χ0) is 10.1. The molecule has 0 aromatic rings. The summed E-state index contributed by atoms with van der Waals surface area (Å²) in [6.07, 6.45) is 2.53. The lowest BCUT2D eigenvalue weighted by Crippen LogP contribution is -2.38. The quantitative estimate of drug-likeness (QED) is 0.615. The third kappa shape index (κ3) is 1.66. The van der Waals surface area contributed by atoms with Crippen LogP contribution in [0, 0.1) is 5.92 Å². The Bertz CT molecular complexity index is 262. The van der Waals surface area contributed by atoms with Crippen LogP contribution in [0.4, 0.5) is 4.79 Å². The Morgan fingerprint density at radius 1 is 1.64 bits per heavy atom. The van der Waals surface area contributed by atoms with Crippen molar-refractivity contribution in [3.8, 4) is 0 Å². The fourth-order valence-corrected chi connectivity index (χ4v) is 1.64. The zero-order valence-electron chi connectivity index (χ0n) is 8.06. The van der Waals surface area contributed by atoms with Crippen LogP contribution in [0.1, 0.15) is 19.3 Å². The molecule has 5 nitrogen and oxygen atoms in total. The molecular weight excluding hydrogens is 186 g/mol. The van der Waals surface area contributed by atoms with Crippen molar-refractivity contribution in [2.45, 2.75) is 25.3 Å². The number of hydrogen-bond donors (Lipinski definition) is 0. The van der Waals surface area contributed by atoms with Gasteiger partial charge in [-0.2, -0.15) is 0 Å². The highest BCUT2D eigenvalue weighted by Gasteiger charge is 2.41. The molecule has 1 aliphatic carbocycles. The molecule has 0 spiro atoms. The van der Waals surface area contributed by atoms with E-state index in [0.29, 0.717) is 12.3 Å². The molecule has 14 heavy (non-hydrogen) atoms. The van der Waals surface area contributed by atoms with Crippen molar-refractivity contribution < 1.29 is 19.1 Å². The van der Waals surface area contributed by atoms with Crippen LogP contribution in [-0.4, -0.2) is 36.8 Å². The zero-order valence-corrected chi connectivity index (χ0v) is 8.06. The third-order valence-electron chi connectivity index (χ3n) is 2.66. The SMILES string of the molecule is COC(=O)N1COC(=O)[C@@H]1CC1CC1. The molecule has 0 bridgehead atoms. The van der Waals surface area contributed by atoms with Gasteiger partial charge in [-0.05, 0) is 12.3 Å². The van der Waals surface area contributed by atoms with Crippen molar-refractivity contribution >= 4 is 12.1 Å². The second-order valence-corrected chi connectivity index (χ2v) is 3.73. The Morgan fingerprint density at radius 2 is 2.36 bits per heavy atom. The molecule has 1 atom stereocenters. The molecular formula is C9H13NO4. The number of ether oxygens (including phenoxy) is 2. The van der Waals surface area contributed by atoms with Crippen molar-refractivity contribution in [2.75, 3.05) is 13.8 Å². The highest BCUT2D eigenvalue weighted by atomic mass is 16.6. The van der Waals surface area contributed by atoms with Gasteiger partial charge in [0.15, 0.2) is 6.73 Å². The first-order valence-electron chi connectivity index (χ1n) is 4.73. The van der Waals surface area contributed by atoms with Crippen molar-refractivity contribution in [1.82, 2.24) is 4.90 Å². The summed E-state index contributed by atoms with van der Waals surface area (Å²) in [4.78, 5) is 23.9. The topological polar surface area (TPSA) is 55.8 Å². The highest BCUT2D eigenvalue weighted by molar-refractivity contribution is 5.83. The first-order valence-corrected chi connectivity index (χ1v) is 4.73. The lowest BCUT2D eigenvalue weighted by Gasteiger charge is -2.17. The number of carbonyl (C=O) groups excluding carboxylic acids is 2. The molecule has 0 aromatic heterocycles. The van der Waals surface area contributed by atoms with Crippen molar-refractivity contribution in [3.05, 3.63) is 0 Å². The molecule has 1 amide bonds. The minimum absolute atomic E-state index is 0.0306. The van der Waals surface area contributed by atoms with Crippen LogP contribution in [0.25, 0.3) is 0 Å². The first kappa shape index (κ1) is 9.30. The molecule has 78 valence electrons. The Balaban J connectivity index is 2.00. The summed E-state index contributed by atoms with van der Waals surface area (Å²) in [7, 11) is 1.30. The molecule has 0 aromatic carbocycles. The van der Waals surface area contributed by atoms with Crippen LogP contribution in [-0.2, 0) is 14.3 Å². The van der Waals surface area contributed by atoms with Gasteiger partial charge in [-0.25, -0.2) is 9.59 Å². The van der Waals surface area contributed by atoms with E-state index in [9.17, 15) is 9.59 Å².